The summed E-state index contributed by atoms with van der Waals surface area (Å²) in [7, 11) is 3.95. The van der Waals surface area contributed by atoms with E-state index in [0.717, 1.165) is 11.3 Å². The van der Waals surface area contributed by atoms with E-state index in [4.69, 9.17) is 4.74 Å². The normalized spacial score (nSPS) is 9.12. The molecule has 0 heterocycles. The molecule has 1 rings (SSSR count). The molecule has 0 saturated heterocycles. The summed E-state index contributed by atoms with van der Waals surface area (Å²) in [6.07, 6.45) is 0.139. The van der Waals surface area contributed by atoms with Gasteiger partial charge in [-0.25, -0.2) is 0 Å². The Balaban J connectivity index is 2.65. The first kappa shape index (κ1) is 13.1. The Labute approximate surface area is 102 Å². The number of ether oxygens (including phenoxy) is 1. The molecule has 0 unspecified atom stereocenters. The number of esters is 1. The first-order chi connectivity index (χ1) is 8.13. The van der Waals surface area contributed by atoms with Crippen molar-refractivity contribution in [2.24, 2.45) is 0 Å². The van der Waals surface area contributed by atoms with Gasteiger partial charge in [-0.3, -0.25) is 4.79 Å². The zero-order chi connectivity index (χ0) is 12.7. The summed E-state index contributed by atoms with van der Waals surface area (Å²) >= 11 is 0. The van der Waals surface area contributed by atoms with Crippen LogP contribution in [-0.2, 0) is 9.53 Å². The number of hydrogen-bond donors (Lipinski definition) is 0. The number of rotatable bonds is 3. The maximum absolute atomic E-state index is 11.1. The highest BCUT2D eigenvalue weighted by molar-refractivity contribution is 5.72. The van der Waals surface area contributed by atoms with E-state index in [-0.39, 0.29) is 12.4 Å². The Morgan fingerprint density at radius 2 is 2.18 bits per heavy atom. The minimum atomic E-state index is -0.274. The lowest BCUT2D eigenvalue weighted by Gasteiger charge is -2.11. The Bertz CT molecular complexity index is 441. The minimum Gasteiger partial charge on any atom is -0.465 e. The fourth-order valence-electron chi connectivity index (χ4n) is 1.29. The van der Waals surface area contributed by atoms with Crippen LogP contribution in [0.25, 0.3) is 0 Å². The second-order valence-corrected chi connectivity index (χ2v) is 3.73. The second kappa shape index (κ2) is 6.59. The second-order valence-electron chi connectivity index (χ2n) is 3.73. The average molecular weight is 231 g/mol. The van der Waals surface area contributed by atoms with E-state index >= 15 is 0 Å². The highest BCUT2D eigenvalue weighted by Crippen LogP contribution is 2.12. The van der Waals surface area contributed by atoms with E-state index in [2.05, 4.69) is 11.8 Å². The SMILES string of the molecule is CCOC(=O)CC#Cc1cccc(N(C)C)c1. The van der Waals surface area contributed by atoms with Gasteiger partial charge in [-0.15, -0.1) is 0 Å². The molecule has 0 bridgehead atoms. The molecule has 0 aromatic heterocycles. The van der Waals surface area contributed by atoms with Crippen LogP contribution in [-0.4, -0.2) is 26.7 Å². The molecule has 0 aliphatic heterocycles. The molecule has 0 saturated carbocycles. The van der Waals surface area contributed by atoms with E-state index in [1.807, 2.05) is 43.3 Å². The quantitative estimate of drug-likeness (QED) is 0.589. The highest BCUT2D eigenvalue weighted by atomic mass is 16.5. The zero-order valence-corrected chi connectivity index (χ0v) is 10.5. The van der Waals surface area contributed by atoms with Gasteiger partial charge < -0.3 is 9.64 Å². The molecular formula is C14H17NO2. The Morgan fingerprint density at radius 3 is 2.82 bits per heavy atom. The summed E-state index contributed by atoms with van der Waals surface area (Å²) in [5.74, 6) is 5.49. The summed E-state index contributed by atoms with van der Waals surface area (Å²) in [5, 5.41) is 0. The van der Waals surface area contributed by atoms with Gasteiger partial charge in [0.05, 0.1) is 6.61 Å². The lowest BCUT2D eigenvalue weighted by Crippen LogP contribution is -2.08. The van der Waals surface area contributed by atoms with Crippen LogP contribution in [0.2, 0.25) is 0 Å². The van der Waals surface area contributed by atoms with Crippen molar-refractivity contribution in [1.82, 2.24) is 0 Å². The van der Waals surface area contributed by atoms with Gasteiger partial charge in [0.25, 0.3) is 0 Å². The Morgan fingerprint density at radius 1 is 1.41 bits per heavy atom. The van der Waals surface area contributed by atoms with Gasteiger partial charge in [0.15, 0.2) is 0 Å². The fourth-order valence-corrected chi connectivity index (χ4v) is 1.29. The van der Waals surface area contributed by atoms with Gasteiger partial charge in [0.1, 0.15) is 6.42 Å². The smallest absolute Gasteiger partial charge is 0.317 e. The molecule has 1 aromatic rings. The van der Waals surface area contributed by atoms with E-state index in [1.165, 1.54) is 0 Å². The van der Waals surface area contributed by atoms with Crippen molar-refractivity contribution in [2.75, 3.05) is 25.6 Å². The van der Waals surface area contributed by atoms with Crippen molar-refractivity contribution in [3.05, 3.63) is 29.8 Å². The lowest BCUT2D eigenvalue weighted by atomic mass is 10.2. The summed E-state index contributed by atoms with van der Waals surface area (Å²) in [6.45, 7) is 2.18. The summed E-state index contributed by atoms with van der Waals surface area (Å²) in [4.78, 5) is 13.1. The van der Waals surface area contributed by atoms with Crippen molar-refractivity contribution in [3.63, 3.8) is 0 Å². The van der Waals surface area contributed by atoms with Gasteiger partial charge in [-0.2, -0.15) is 0 Å². The predicted molar refractivity (Wildman–Crippen MR) is 68.9 cm³/mol. The Kier molecular flexibility index (Phi) is 5.09. The van der Waals surface area contributed by atoms with E-state index in [9.17, 15) is 4.79 Å². The van der Waals surface area contributed by atoms with Crippen molar-refractivity contribution < 1.29 is 9.53 Å². The highest BCUT2D eigenvalue weighted by Gasteiger charge is 1.97. The van der Waals surface area contributed by atoms with Crippen molar-refractivity contribution in [2.45, 2.75) is 13.3 Å². The molecule has 0 radical (unpaired) electrons. The first-order valence-electron chi connectivity index (χ1n) is 5.55. The van der Waals surface area contributed by atoms with Gasteiger partial charge >= 0.3 is 5.97 Å². The van der Waals surface area contributed by atoms with Gasteiger partial charge in [0.2, 0.25) is 0 Å². The third-order valence-corrected chi connectivity index (χ3v) is 2.13. The number of anilines is 1. The van der Waals surface area contributed by atoms with Crippen LogP contribution >= 0.6 is 0 Å². The van der Waals surface area contributed by atoms with Crippen molar-refractivity contribution in [3.8, 4) is 11.8 Å². The van der Waals surface area contributed by atoms with E-state index in [1.54, 1.807) is 6.92 Å². The number of benzene rings is 1. The number of carbonyl (C=O) groups excluding carboxylic acids is 1. The molecule has 0 fully saturated rings. The molecule has 1 aromatic carbocycles. The standard InChI is InChI=1S/C14H17NO2/c1-4-17-14(16)10-6-8-12-7-5-9-13(11-12)15(2)3/h5,7,9,11H,4,10H2,1-3H3. The molecule has 3 heteroatoms. The molecule has 0 aliphatic rings. The molecule has 0 spiro atoms. The van der Waals surface area contributed by atoms with Crippen LogP contribution in [0.3, 0.4) is 0 Å². The Hall–Kier alpha value is -1.95. The summed E-state index contributed by atoms with van der Waals surface area (Å²) in [5.41, 5.74) is 1.99. The minimum absolute atomic E-state index is 0.139. The monoisotopic (exact) mass is 231 g/mol. The van der Waals surface area contributed by atoms with Crippen molar-refractivity contribution >= 4 is 11.7 Å². The molecule has 90 valence electrons. The van der Waals surface area contributed by atoms with Crippen LogP contribution in [0.5, 0.6) is 0 Å². The fraction of sp³-hybridized carbons (Fsp3) is 0.357. The number of nitrogens with zero attached hydrogens (tertiary/aromatic N) is 1. The predicted octanol–water partition coefficient (Wildman–Crippen LogP) is 2.06. The van der Waals surface area contributed by atoms with E-state index < -0.39 is 0 Å². The first-order valence-corrected chi connectivity index (χ1v) is 5.55. The van der Waals surface area contributed by atoms with Gasteiger partial charge in [-0.05, 0) is 25.1 Å². The van der Waals surface area contributed by atoms with Gasteiger partial charge in [0, 0.05) is 25.3 Å². The molecule has 0 amide bonds. The molecule has 0 atom stereocenters. The maximum atomic E-state index is 11.1. The van der Waals surface area contributed by atoms with Gasteiger partial charge in [-0.1, -0.05) is 17.9 Å². The van der Waals surface area contributed by atoms with Crippen LogP contribution < -0.4 is 4.90 Å². The molecule has 0 N–H and O–H groups in total. The summed E-state index contributed by atoms with van der Waals surface area (Å²) in [6, 6.07) is 7.86. The number of carbonyl (C=O) groups is 1. The van der Waals surface area contributed by atoms with Crippen LogP contribution in [0, 0.1) is 11.8 Å². The van der Waals surface area contributed by atoms with Crippen LogP contribution in [0.1, 0.15) is 18.9 Å². The zero-order valence-electron chi connectivity index (χ0n) is 10.5. The third kappa shape index (κ3) is 4.60. The third-order valence-electron chi connectivity index (χ3n) is 2.13. The van der Waals surface area contributed by atoms with Crippen LogP contribution in [0.4, 0.5) is 5.69 Å². The molecule has 17 heavy (non-hydrogen) atoms. The van der Waals surface area contributed by atoms with Crippen LogP contribution in [0.15, 0.2) is 24.3 Å². The maximum Gasteiger partial charge on any atom is 0.317 e. The molecular weight excluding hydrogens is 214 g/mol. The lowest BCUT2D eigenvalue weighted by molar-refractivity contribution is -0.141. The average Bonchev–Trinajstić information content (AvgIpc) is 2.30. The van der Waals surface area contributed by atoms with Crippen molar-refractivity contribution in [1.29, 1.82) is 0 Å². The summed E-state index contributed by atoms with van der Waals surface area (Å²) < 4.78 is 4.79. The largest absolute Gasteiger partial charge is 0.465 e. The van der Waals surface area contributed by atoms with E-state index in [0.29, 0.717) is 6.61 Å². The molecule has 3 nitrogen and oxygen atoms in total. The molecule has 0 aliphatic carbocycles. The topological polar surface area (TPSA) is 29.5 Å². The number of hydrogen-bond acceptors (Lipinski definition) is 3.